The van der Waals surface area contributed by atoms with Crippen molar-refractivity contribution in [2.24, 2.45) is 0 Å². The second-order valence-corrected chi connectivity index (χ2v) is 11.3. The summed E-state index contributed by atoms with van der Waals surface area (Å²) in [6, 6.07) is 28.1. The molecule has 0 spiro atoms. The molecular weight excluding hydrogens is 557 g/mol. The normalized spacial score (nSPS) is 11.8. The third-order valence-electron chi connectivity index (χ3n) is 6.79. The number of amides is 2. The molecule has 0 heterocycles. The molecule has 0 aliphatic carbocycles. The number of carbonyl (C=O) groups excluding carboxylic acids is 2. The highest BCUT2D eigenvalue weighted by atomic mass is 32.2. The molecule has 2 amide bonds. The summed E-state index contributed by atoms with van der Waals surface area (Å²) in [6.45, 7) is -0.878. The lowest BCUT2D eigenvalue weighted by atomic mass is 10.0. The van der Waals surface area contributed by atoms with E-state index >= 15 is 0 Å². The van der Waals surface area contributed by atoms with E-state index in [4.69, 9.17) is 4.74 Å². The van der Waals surface area contributed by atoms with E-state index in [0.29, 0.717) is 5.75 Å². The minimum absolute atomic E-state index is 0.0484. The maximum absolute atomic E-state index is 14.8. The maximum Gasteiger partial charge on any atom is 0.264 e. The van der Waals surface area contributed by atoms with E-state index in [2.05, 4.69) is 5.32 Å². The Morgan fingerprint density at radius 2 is 1.45 bits per heavy atom. The zero-order chi connectivity index (χ0) is 30.1. The summed E-state index contributed by atoms with van der Waals surface area (Å²) in [5.41, 5.74) is 1.23. The second-order valence-electron chi connectivity index (χ2n) is 9.46. The van der Waals surface area contributed by atoms with Crippen molar-refractivity contribution in [3.63, 3.8) is 0 Å². The molecule has 0 unspecified atom stereocenters. The molecule has 0 aromatic heterocycles. The number of rotatable bonds is 12. The van der Waals surface area contributed by atoms with E-state index in [9.17, 15) is 22.4 Å². The van der Waals surface area contributed by atoms with Gasteiger partial charge < -0.3 is 15.0 Å². The average molecular weight is 590 g/mol. The quantitative estimate of drug-likeness (QED) is 0.264. The first-order chi connectivity index (χ1) is 20.2. The Hall–Kier alpha value is -4.70. The number of halogens is 1. The third kappa shape index (κ3) is 7.13. The Morgan fingerprint density at radius 1 is 0.857 bits per heavy atom. The van der Waals surface area contributed by atoms with Crippen molar-refractivity contribution in [2.75, 3.05) is 25.0 Å². The number of nitrogens with zero attached hydrogens (tertiary/aromatic N) is 2. The monoisotopic (exact) mass is 589 g/mol. The van der Waals surface area contributed by atoms with Crippen molar-refractivity contribution < 1.29 is 27.1 Å². The SMILES string of the molecule is CNC(=O)[C@@H](Cc1ccccc1)N(Cc1ccccc1F)C(=O)CN(c1ccccc1)S(=O)(=O)c1ccc(OC)cc1. The number of anilines is 1. The van der Waals surface area contributed by atoms with Gasteiger partial charge in [-0.05, 0) is 48.0 Å². The maximum atomic E-state index is 14.8. The Bertz CT molecular complexity index is 1600. The van der Waals surface area contributed by atoms with Crippen molar-refractivity contribution >= 4 is 27.5 Å². The van der Waals surface area contributed by atoms with E-state index in [0.717, 1.165) is 9.87 Å². The summed E-state index contributed by atoms with van der Waals surface area (Å²) in [6.07, 6.45) is 0.136. The first-order valence-corrected chi connectivity index (χ1v) is 14.7. The van der Waals surface area contributed by atoms with Crippen LogP contribution < -0.4 is 14.4 Å². The number of ether oxygens (including phenoxy) is 1. The molecular formula is C32H32FN3O5S. The summed E-state index contributed by atoms with van der Waals surface area (Å²) in [4.78, 5) is 28.6. The van der Waals surface area contributed by atoms with Gasteiger partial charge in [-0.2, -0.15) is 0 Å². The van der Waals surface area contributed by atoms with Crippen LogP contribution in [0.3, 0.4) is 0 Å². The number of para-hydroxylation sites is 1. The van der Waals surface area contributed by atoms with Gasteiger partial charge in [-0.15, -0.1) is 0 Å². The predicted molar refractivity (Wildman–Crippen MR) is 159 cm³/mol. The fourth-order valence-corrected chi connectivity index (χ4v) is 5.94. The fraction of sp³-hybridized carbons (Fsp3) is 0.188. The van der Waals surface area contributed by atoms with Crippen molar-refractivity contribution in [3.05, 3.63) is 126 Å². The minimum Gasteiger partial charge on any atom is -0.497 e. The third-order valence-corrected chi connectivity index (χ3v) is 8.57. The average Bonchev–Trinajstić information content (AvgIpc) is 3.02. The van der Waals surface area contributed by atoms with Gasteiger partial charge in [-0.1, -0.05) is 66.7 Å². The fourth-order valence-electron chi connectivity index (χ4n) is 4.53. The lowest BCUT2D eigenvalue weighted by molar-refractivity contribution is -0.139. The van der Waals surface area contributed by atoms with E-state index in [1.54, 1.807) is 36.4 Å². The number of sulfonamides is 1. The topological polar surface area (TPSA) is 96.0 Å². The van der Waals surface area contributed by atoms with Crippen LogP contribution in [0.1, 0.15) is 11.1 Å². The molecule has 0 bridgehead atoms. The highest BCUT2D eigenvalue weighted by molar-refractivity contribution is 7.92. The second kappa shape index (κ2) is 13.8. The Balaban J connectivity index is 1.77. The largest absolute Gasteiger partial charge is 0.497 e. The molecule has 0 saturated carbocycles. The summed E-state index contributed by atoms with van der Waals surface area (Å²) < 4.78 is 48.8. The van der Waals surface area contributed by atoms with Crippen LogP contribution in [0.5, 0.6) is 5.75 Å². The number of methoxy groups -OCH3 is 1. The Morgan fingerprint density at radius 3 is 2.05 bits per heavy atom. The van der Waals surface area contributed by atoms with Gasteiger partial charge in [0.2, 0.25) is 11.8 Å². The molecule has 4 rings (SSSR count). The summed E-state index contributed by atoms with van der Waals surface area (Å²) in [7, 11) is -1.32. The van der Waals surface area contributed by atoms with Gasteiger partial charge in [0.1, 0.15) is 24.2 Å². The van der Waals surface area contributed by atoms with Crippen LogP contribution in [0.25, 0.3) is 0 Å². The molecule has 0 aliphatic rings. The lowest BCUT2D eigenvalue weighted by Gasteiger charge is -2.33. The summed E-state index contributed by atoms with van der Waals surface area (Å²) in [5, 5.41) is 2.60. The molecule has 218 valence electrons. The molecule has 0 aliphatic heterocycles. The van der Waals surface area contributed by atoms with Crippen LogP contribution in [0, 0.1) is 5.82 Å². The van der Waals surface area contributed by atoms with Crippen LogP contribution in [-0.2, 0) is 32.6 Å². The predicted octanol–water partition coefficient (Wildman–Crippen LogP) is 4.42. The Kier molecular flexibility index (Phi) is 9.93. The summed E-state index contributed by atoms with van der Waals surface area (Å²) >= 11 is 0. The molecule has 0 radical (unpaired) electrons. The molecule has 0 fully saturated rings. The van der Waals surface area contributed by atoms with Gasteiger partial charge in [0, 0.05) is 25.6 Å². The number of hydrogen-bond donors (Lipinski definition) is 1. The number of likely N-dealkylation sites (N-methyl/N-ethyl adjacent to an activating group) is 1. The first-order valence-electron chi connectivity index (χ1n) is 13.2. The molecule has 0 saturated heterocycles. The van der Waals surface area contributed by atoms with Crippen molar-refractivity contribution in [2.45, 2.75) is 23.9 Å². The molecule has 8 nitrogen and oxygen atoms in total. The van der Waals surface area contributed by atoms with Crippen molar-refractivity contribution in [3.8, 4) is 5.75 Å². The molecule has 10 heteroatoms. The zero-order valence-electron chi connectivity index (χ0n) is 23.3. The van der Waals surface area contributed by atoms with E-state index in [1.807, 2.05) is 30.3 Å². The van der Waals surface area contributed by atoms with E-state index in [-0.39, 0.29) is 29.1 Å². The zero-order valence-corrected chi connectivity index (χ0v) is 24.1. The van der Waals surface area contributed by atoms with E-state index < -0.39 is 40.2 Å². The Labute approximate surface area is 245 Å². The van der Waals surface area contributed by atoms with Crippen LogP contribution in [0.2, 0.25) is 0 Å². The van der Waals surface area contributed by atoms with Gasteiger partial charge in [-0.3, -0.25) is 13.9 Å². The minimum atomic E-state index is -4.24. The molecule has 42 heavy (non-hydrogen) atoms. The lowest BCUT2D eigenvalue weighted by Crippen LogP contribution is -2.53. The van der Waals surface area contributed by atoms with Crippen LogP contribution in [0.4, 0.5) is 10.1 Å². The van der Waals surface area contributed by atoms with Crippen LogP contribution in [-0.4, -0.2) is 51.9 Å². The number of nitrogens with one attached hydrogen (secondary N) is 1. The number of benzene rings is 4. The van der Waals surface area contributed by atoms with E-state index in [1.165, 1.54) is 61.5 Å². The van der Waals surface area contributed by atoms with Crippen LogP contribution in [0.15, 0.2) is 114 Å². The van der Waals surface area contributed by atoms with Gasteiger partial charge in [0.25, 0.3) is 10.0 Å². The first kappa shape index (κ1) is 30.3. The van der Waals surface area contributed by atoms with Crippen LogP contribution >= 0.6 is 0 Å². The van der Waals surface area contributed by atoms with Crippen molar-refractivity contribution in [1.29, 1.82) is 0 Å². The van der Waals surface area contributed by atoms with Gasteiger partial charge in [0.05, 0.1) is 17.7 Å². The standard InChI is InChI=1S/C32H32FN3O5S/c1-34-32(38)30(21-24-11-5-3-6-12-24)35(22-25-13-9-10-16-29(25)33)31(37)23-36(26-14-7-4-8-15-26)42(39,40)28-19-17-27(41-2)18-20-28/h3-20,30H,21-23H2,1-2H3,(H,34,38)/t30-/m1/s1. The molecule has 4 aromatic rings. The van der Waals surface area contributed by atoms with Gasteiger partial charge >= 0.3 is 0 Å². The van der Waals surface area contributed by atoms with Gasteiger partial charge in [0.15, 0.2) is 0 Å². The smallest absolute Gasteiger partial charge is 0.264 e. The highest BCUT2D eigenvalue weighted by Crippen LogP contribution is 2.26. The number of hydrogen-bond acceptors (Lipinski definition) is 5. The number of carbonyl (C=O) groups is 2. The summed E-state index contributed by atoms with van der Waals surface area (Å²) in [5.74, 6) is -1.21. The molecule has 1 atom stereocenters. The highest BCUT2D eigenvalue weighted by Gasteiger charge is 2.34. The van der Waals surface area contributed by atoms with Crippen molar-refractivity contribution in [1.82, 2.24) is 10.2 Å². The molecule has 4 aromatic carbocycles. The molecule has 1 N–H and O–H groups in total. The van der Waals surface area contributed by atoms with Gasteiger partial charge in [-0.25, -0.2) is 12.8 Å².